The van der Waals surface area contributed by atoms with Crippen LogP contribution in [0.2, 0.25) is 0 Å². The molecule has 1 N–H and O–H groups in total. The Balaban J connectivity index is 1.97. The zero-order chi connectivity index (χ0) is 14.4. The lowest BCUT2D eigenvalue weighted by Crippen LogP contribution is -2.18. The number of nitrogens with one attached hydrogen (secondary N) is 1. The van der Waals surface area contributed by atoms with Gasteiger partial charge in [0.2, 0.25) is 0 Å². The molecular formula is C15H22BrNO3. The Bertz CT molecular complexity index is 435. The highest BCUT2D eigenvalue weighted by atomic mass is 79.9. The fraction of sp³-hybridized carbons (Fsp3) is 0.600. The van der Waals surface area contributed by atoms with Gasteiger partial charge < -0.3 is 19.5 Å². The highest BCUT2D eigenvalue weighted by Crippen LogP contribution is 2.38. The maximum absolute atomic E-state index is 5.87. The Kier molecular flexibility index (Phi) is 6.13. The van der Waals surface area contributed by atoms with E-state index in [-0.39, 0.29) is 0 Å². The van der Waals surface area contributed by atoms with Gasteiger partial charge >= 0.3 is 0 Å². The molecule has 2 rings (SSSR count). The first-order valence-electron chi connectivity index (χ1n) is 6.93. The van der Waals surface area contributed by atoms with Crippen LogP contribution in [-0.2, 0) is 11.3 Å². The van der Waals surface area contributed by atoms with Crippen LogP contribution in [0.25, 0.3) is 0 Å². The number of hydrogen-bond donors (Lipinski definition) is 1. The summed E-state index contributed by atoms with van der Waals surface area (Å²) in [5.74, 6) is 2.31. The Morgan fingerprint density at radius 1 is 1.30 bits per heavy atom. The van der Waals surface area contributed by atoms with E-state index in [9.17, 15) is 0 Å². The monoisotopic (exact) mass is 343 g/mol. The lowest BCUT2D eigenvalue weighted by Gasteiger charge is -2.14. The molecule has 0 aliphatic heterocycles. The molecule has 0 radical (unpaired) electrons. The first-order valence-corrected chi connectivity index (χ1v) is 7.72. The Morgan fingerprint density at radius 3 is 2.75 bits per heavy atom. The van der Waals surface area contributed by atoms with Gasteiger partial charge in [0.25, 0.3) is 0 Å². The van der Waals surface area contributed by atoms with E-state index < -0.39 is 0 Å². The van der Waals surface area contributed by atoms with Crippen LogP contribution in [0, 0.1) is 5.92 Å². The molecule has 0 saturated heterocycles. The van der Waals surface area contributed by atoms with Gasteiger partial charge in [0.05, 0.1) is 24.8 Å². The molecule has 0 heterocycles. The summed E-state index contributed by atoms with van der Waals surface area (Å²) in [6.07, 6.45) is 2.56. The lowest BCUT2D eigenvalue weighted by atomic mass is 10.2. The zero-order valence-electron chi connectivity index (χ0n) is 12.1. The minimum absolute atomic E-state index is 0.709. The van der Waals surface area contributed by atoms with Gasteiger partial charge in [-0.25, -0.2) is 0 Å². The van der Waals surface area contributed by atoms with Gasteiger partial charge in [-0.2, -0.15) is 0 Å². The van der Waals surface area contributed by atoms with Gasteiger partial charge in [-0.15, -0.1) is 0 Å². The normalized spacial score (nSPS) is 14.3. The summed E-state index contributed by atoms with van der Waals surface area (Å²) in [5, 5.41) is 3.32. The van der Waals surface area contributed by atoms with Gasteiger partial charge in [0.15, 0.2) is 11.5 Å². The van der Waals surface area contributed by atoms with Gasteiger partial charge in [-0.05, 0) is 52.4 Å². The van der Waals surface area contributed by atoms with Crippen LogP contribution in [0.15, 0.2) is 16.6 Å². The standard InChI is InChI=1S/C15H22BrNO3/c1-18-6-5-17-9-12-7-13(16)15(14(8-12)19-2)20-10-11-3-4-11/h7-8,11,17H,3-6,9-10H2,1-2H3. The molecule has 0 unspecified atom stereocenters. The van der Waals surface area contributed by atoms with Crippen molar-refractivity contribution in [2.45, 2.75) is 19.4 Å². The predicted molar refractivity (Wildman–Crippen MR) is 82.5 cm³/mol. The van der Waals surface area contributed by atoms with Crippen molar-refractivity contribution < 1.29 is 14.2 Å². The molecule has 1 saturated carbocycles. The van der Waals surface area contributed by atoms with Gasteiger partial charge in [0, 0.05) is 20.2 Å². The van der Waals surface area contributed by atoms with E-state index in [1.807, 2.05) is 6.07 Å². The lowest BCUT2D eigenvalue weighted by molar-refractivity contribution is 0.199. The molecule has 5 heteroatoms. The Morgan fingerprint density at radius 2 is 2.10 bits per heavy atom. The average Bonchev–Trinajstić information content (AvgIpc) is 3.26. The van der Waals surface area contributed by atoms with E-state index in [1.54, 1.807) is 14.2 Å². The highest BCUT2D eigenvalue weighted by Gasteiger charge is 2.23. The maximum Gasteiger partial charge on any atom is 0.175 e. The smallest absolute Gasteiger partial charge is 0.175 e. The molecule has 0 amide bonds. The molecule has 20 heavy (non-hydrogen) atoms. The quantitative estimate of drug-likeness (QED) is 0.699. The van der Waals surface area contributed by atoms with Crippen LogP contribution >= 0.6 is 15.9 Å². The molecule has 1 aliphatic rings. The molecule has 0 aromatic heterocycles. The molecule has 1 aromatic rings. The van der Waals surface area contributed by atoms with Crippen molar-refractivity contribution in [1.29, 1.82) is 0 Å². The zero-order valence-corrected chi connectivity index (χ0v) is 13.7. The summed E-state index contributed by atoms with van der Waals surface area (Å²) >= 11 is 3.57. The summed E-state index contributed by atoms with van der Waals surface area (Å²) < 4.78 is 17.3. The van der Waals surface area contributed by atoms with E-state index in [2.05, 4.69) is 27.3 Å². The van der Waals surface area contributed by atoms with E-state index in [0.29, 0.717) is 6.61 Å². The van der Waals surface area contributed by atoms with E-state index in [1.165, 1.54) is 12.8 Å². The van der Waals surface area contributed by atoms with Crippen molar-refractivity contribution in [2.24, 2.45) is 5.92 Å². The fourth-order valence-electron chi connectivity index (χ4n) is 1.91. The van der Waals surface area contributed by atoms with Crippen molar-refractivity contribution >= 4 is 15.9 Å². The van der Waals surface area contributed by atoms with Gasteiger partial charge in [-0.1, -0.05) is 0 Å². The first kappa shape index (κ1) is 15.6. The molecule has 0 atom stereocenters. The number of methoxy groups -OCH3 is 2. The van der Waals surface area contributed by atoms with Gasteiger partial charge in [0.1, 0.15) is 0 Å². The van der Waals surface area contributed by atoms with E-state index in [0.717, 1.165) is 47.1 Å². The van der Waals surface area contributed by atoms with Crippen LogP contribution < -0.4 is 14.8 Å². The summed E-state index contributed by atoms with van der Waals surface area (Å²) in [6.45, 7) is 3.10. The summed E-state index contributed by atoms with van der Waals surface area (Å²) in [6, 6.07) is 4.09. The molecule has 1 fully saturated rings. The van der Waals surface area contributed by atoms with Crippen molar-refractivity contribution in [3.8, 4) is 11.5 Å². The highest BCUT2D eigenvalue weighted by molar-refractivity contribution is 9.10. The third kappa shape index (κ3) is 4.65. The van der Waals surface area contributed by atoms with Gasteiger partial charge in [-0.3, -0.25) is 0 Å². The Labute approximate surface area is 128 Å². The molecule has 112 valence electrons. The number of benzene rings is 1. The van der Waals surface area contributed by atoms with Crippen LogP contribution in [0.3, 0.4) is 0 Å². The van der Waals surface area contributed by atoms with Crippen molar-refractivity contribution in [3.05, 3.63) is 22.2 Å². The third-order valence-electron chi connectivity index (χ3n) is 3.26. The number of hydrogen-bond acceptors (Lipinski definition) is 4. The molecule has 1 aromatic carbocycles. The topological polar surface area (TPSA) is 39.7 Å². The summed E-state index contributed by atoms with van der Waals surface area (Å²) in [7, 11) is 3.38. The van der Waals surface area contributed by atoms with Crippen LogP contribution in [0.5, 0.6) is 11.5 Å². The number of rotatable bonds is 9. The maximum atomic E-state index is 5.87. The molecular weight excluding hydrogens is 322 g/mol. The number of halogens is 1. The molecule has 0 spiro atoms. The third-order valence-corrected chi connectivity index (χ3v) is 3.85. The second kappa shape index (κ2) is 7.86. The second-order valence-corrected chi connectivity index (χ2v) is 5.89. The van der Waals surface area contributed by atoms with Crippen LogP contribution in [0.4, 0.5) is 0 Å². The molecule has 4 nitrogen and oxygen atoms in total. The van der Waals surface area contributed by atoms with E-state index in [4.69, 9.17) is 14.2 Å². The van der Waals surface area contributed by atoms with Crippen molar-refractivity contribution in [3.63, 3.8) is 0 Å². The van der Waals surface area contributed by atoms with Crippen LogP contribution in [-0.4, -0.2) is 34.0 Å². The van der Waals surface area contributed by atoms with Crippen molar-refractivity contribution in [1.82, 2.24) is 5.32 Å². The minimum atomic E-state index is 0.709. The number of ether oxygens (including phenoxy) is 3. The Hall–Kier alpha value is -0.780. The summed E-state index contributed by atoms with van der Waals surface area (Å²) in [4.78, 5) is 0. The summed E-state index contributed by atoms with van der Waals surface area (Å²) in [5.41, 5.74) is 1.16. The predicted octanol–water partition coefficient (Wildman–Crippen LogP) is 2.98. The van der Waals surface area contributed by atoms with Crippen molar-refractivity contribution in [2.75, 3.05) is 34.0 Å². The van der Waals surface area contributed by atoms with Crippen LogP contribution in [0.1, 0.15) is 18.4 Å². The van der Waals surface area contributed by atoms with E-state index >= 15 is 0 Å². The minimum Gasteiger partial charge on any atom is -0.493 e. The average molecular weight is 344 g/mol. The second-order valence-electron chi connectivity index (χ2n) is 5.03. The first-order chi connectivity index (χ1) is 9.74. The molecule has 1 aliphatic carbocycles. The molecule has 0 bridgehead atoms. The largest absolute Gasteiger partial charge is 0.493 e. The SMILES string of the molecule is COCCNCc1cc(Br)c(OCC2CC2)c(OC)c1. The fourth-order valence-corrected chi connectivity index (χ4v) is 2.51.